The standard InChI is InChI=1S/C26H35F2N5/c1-14(20-6-7-25(24(28)10-20)32-13-19-8-21(29)9-19)12-31-16(3)15(2)26(30)22-11-23(27)18(5)33-17(22)4/h6-7,10-11,14,19,21,31-32H,3,8-9,12-13,29-30H2,1-2,4-5H3/b26-15-. The van der Waals surface area contributed by atoms with E-state index in [9.17, 15) is 8.78 Å². The van der Waals surface area contributed by atoms with Gasteiger partial charge in [-0.15, -0.1) is 0 Å². The van der Waals surface area contributed by atoms with E-state index in [1.54, 1.807) is 26.0 Å². The molecule has 0 aliphatic heterocycles. The molecule has 0 spiro atoms. The average molecular weight is 456 g/mol. The summed E-state index contributed by atoms with van der Waals surface area (Å²) in [6.07, 6.45) is 1.99. The Morgan fingerprint density at radius 2 is 1.88 bits per heavy atom. The number of aryl methyl sites for hydroxylation is 2. The lowest BCUT2D eigenvalue weighted by Crippen LogP contribution is -2.39. The summed E-state index contributed by atoms with van der Waals surface area (Å²) in [4.78, 5) is 4.21. The summed E-state index contributed by atoms with van der Waals surface area (Å²) in [5.74, 6) is -0.0849. The Hall–Kier alpha value is -2.93. The van der Waals surface area contributed by atoms with Crippen molar-refractivity contribution in [2.24, 2.45) is 17.4 Å². The highest BCUT2D eigenvalue weighted by atomic mass is 19.1. The van der Waals surface area contributed by atoms with Crippen molar-refractivity contribution < 1.29 is 8.78 Å². The molecule has 1 heterocycles. The van der Waals surface area contributed by atoms with Crippen LogP contribution < -0.4 is 22.1 Å². The van der Waals surface area contributed by atoms with Crippen molar-refractivity contribution in [2.45, 2.75) is 52.5 Å². The van der Waals surface area contributed by atoms with Crippen LogP contribution in [0.15, 0.2) is 42.1 Å². The van der Waals surface area contributed by atoms with Gasteiger partial charge in [0.05, 0.1) is 11.4 Å². The van der Waals surface area contributed by atoms with Crippen molar-refractivity contribution in [1.82, 2.24) is 10.3 Å². The minimum Gasteiger partial charge on any atom is -0.398 e. The van der Waals surface area contributed by atoms with E-state index in [1.165, 1.54) is 6.07 Å². The van der Waals surface area contributed by atoms with Crippen molar-refractivity contribution in [3.05, 3.63) is 76.3 Å². The number of nitrogens with two attached hydrogens (primary N) is 2. The monoisotopic (exact) mass is 455 g/mol. The molecule has 7 heteroatoms. The normalized spacial score (nSPS) is 19.4. The van der Waals surface area contributed by atoms with Crippen LogP contribution in [0.4, 0.5) is 14.5 Å². The maximum Gasteiger partial charge on any atom is 0.146 e. The molecule has 1 unspecified atom stereocenters. The molecule has 0 amide bonds. The molecule has 1 fully saturated rings. The molecule has 1 atom stereocenters. The summed E-state index contributed by atoms with van der Waals surface area (Å²) in [6, 6.07) is 7.00. The lowest BCUT2D eigenvalue weighted by molar-refractivity contribution is 0.280. The number of nitrogens with zero attached hydrogens (tertiary/aromatic N) is 1. The van der Waals surface area contributed by atoms with Crippen LogP contribution in [0.25, 0.3) is 5.70 Å². The number of nitrogens with one attached hydrogen (secondary N) is 2. The van der Waals surface area contributed by atoms with E-state index in [4.69, 9.17) is 11.5 Å². The second-order valence-electron chi connectivity index (χ2n) is 9.21. The Kier molecular flexibility index (Phi) is 7.74. The van der Waals surface area contributed by atoms with E-state index in [1.807, 2.05) is 19.9 Å². The highest BCUT2D eigenvalue weighted by Crippen LogP contribution is 2.27. The predicted molar refractivity (Wildman–Crippen MR) is 132 cm³/mol. The van der Waals surface area contributed by atoms with Gasteiger partial charge in [-0.2, -0.15) is 0 Å². The first kappa shape index (κ1) is 24.7. The molecule has 0 radical (unpaired) electrons. The maximum atomic E-state index is 14.6. The van der Waals surface area contributed by atoms with E-state index >= 15 is 0 Å². The van der Waals surface area contributed by atoms with Gasteiger partial charge in [-0.3, -0.25) is 4.98 Å². The van der Waals surface area contributed by atoms with Gasteiger partial charge in [0.15, 0.2) is 0 Å². The van der Waals surface area contributed by atoms with E-state index in [-0.39, 0.29) is 11.7 Å². The third kappa shape index (κ3) is 5.90. The van der Waals surface area contributed by atoms with Crippen LogP contribution in [-0.4, -0.2) is 24.1 Å². The fourth-order valence-corrected chi connectivity index (χ4v) is 4.05. The zero-order valence-electron chi connectivity index (χ0n) is 19.9. The molecular weight excluding hydrogens is 420 g/mol. The minimum absolute atomic E-state index is 0.0455. The highest BCUT2D eigenvalue weighted by Gasteiger charge is 2.25. The summed E-state index contributed by atoms with van der Waals surface area (Å²) in [5, 5.41) is 6.47. The van der Waals surface area contributed by atoms with Gasteiger partial charge in [0.25, 0.3) is 0 Å². The number of hydrogen-bond donors (Lipinski definition) is 4. The van der Waals surface area contributed by atoms with E-state index in [0.717, 1.165) is 30.5 Å². The molecule has 6 N–H and O–H groups in total. The highest BCUT2D eigenvalue weighted by molar-refractivity contribution is 5.70. The second kappa shape index (κ2) is 10.3. The molecule has 3 rings (SSSR count). The number of benzene rings is 1. The van der Waals surface area contributed by atoms with Crippen LogP contribution in [0.5, 0.6) is 0 Å². The van der Waals surface area contributed by atoms with Gasteiger partial charge in [-0.25, -0.2) is 8.78 Å². The number of pyridine rings is 1. The Balaban J connectivity index is 1.59. The summed E-state index contributed by atoms with van der Waals surface area (Å²) < 4.78 is 28.6. The SMILES string of the molecule is C=C(NCC(C)c1ccc(NCC2CC(N)C2)c(F)c1)/C(C)=C(\N)c1cc(F)c(C)nc1C. The van der Waals surface area contributed by atoms with Crippen molar-refractivity contribution >= 4 is 11.4 Å². The Bertz CT molecular complexity index is 1060. The molecular formula is C26H35F2N5. The Morgan fingerprint density at radius 1 is 1.18 bits per heavy atom. The number of aromatic nitrogens is 1. The zero-order chi connectivity index (χ0) is 24.3. The van der Waals surface area contributed by atoms with Crippen LogP contribution in [-0.2, 0) is 0 Å². The summed E-state index contributed by atoms with van der Waals surface area (Å²) in [6.45, 7) is 12.6. The van der Waals surface area contributed by atoms with Crippen LogP contribution in [0.3, 0.4) is 0 Å². The number of rotatable bonds is 9. The molecule has 0 saturated heterocycles. The first-order chi connectivity index (χ1) is 15.6. The van der Waals surface area contributed by atoms with Gasteiger partial charge in [-0.05, 0) is 74.8 Å². The van der Waals surface area contributed by atoms with Gasteiger partial charge >= 0.3 is 0 Å². The zero-order valence-corrected chi connectivity index (χ0v) is 19.9. The van der Waals surface area contributed by atoms with E-state index < -0.39 is 5.82 Å². The molecule has 178 valence electrons. The fraction of sp³-hybridized carbons (Fsp3) is 0.423. The van der Waals surface area contributed by atoms with Crippen molar-refractivity contribution in [2.75, 3.05) is 18.4 Å². The molecule has 1 aliphatic carbocycles. The van der Waals surface area contributed by atoms with Crippen LogP contribution in [0, 0.1) is 31.4 Å². The third-order valence-electron chi connectivity index (χ3n) is 6.53. The molecule has 0 bridgehead atoms. The number of halogens is 2. The molecule has 5 nitrogen and oxygen atoms in total. The van der Waals surface area contributed by atoms with Gasteiger partial charge < -0.3 is 22.1 Å². The number of hydrogen-bond acceptors (Lipinski definition) is 5. The van der Waals surface area contributed by atoms with Gasteiger partial charge in [0.1, 0.15) is 11.6 Å². The first-order valence-corrected chi connectivity index (χ1v) is 11.4. The van der Waals surface area contributed by atoms with E-state index in [2.05, 4.69) is 22.2 Å². The molecule has 1 aromatic heterocycles. The lowest BCUT2D eigenvalue weighted by Gasteiger charge is -2.32. The third-order valence-corrected chi connectivity index (χ3v) is 6.53. The second-order valence-corrected chi connectivity index (χ2v) is 9.21. The van der Waals surface area contributed by atoms with Gasteiger partial charge in [0.2, 0.25) is 0 Å². The van der Waals surface area contributed by atoms with Gasteiger partial charge in [-0.1, -0.05) is 19.6 Å². The topological polar surface area (TPSA) is 89.0 Å². The van der Waals surface area contributed by atoms with Crippen molar-refractivity contribution in [3.8, 4) is 0 Å². The Labute approximate surface area is 195 Å². The fourth-order valence-electron chi connectivity index (χ4n) is 4.05. The molecule has 2 aromatic rings. The van der Waals surface area contributed by atoms with Crippen molar-refractivity contribution in [1.29, 1.82) is 0 Å². The number of allylic oxidation sites excluding steroid dienone is 1. The summed E-state index contributed by atoms with van der Waals surface area (Å²) >= 11 is 0. The quantitative estimate of drug-likeness (QED) is 0.411. The lowest BCUT2D eigenvalue weighted by atomic mass is 9.81. The predicted octanol–water partition coefficient (Wildman–Crippen LogP) is 4.72. The number of anilines is 1. The molecule has 1 aromatic carbocycles. The van der Waals surface area contributed by atoms with Gasteiger partial charge in [0, 0.05) is 41.8 Å². The summed E-state index contributed by atoms with van der Waals surface area (Å²) in [5.41, 5.74) is 16.9. The maximum absolute atomic E-state index is 14.6. The van der Waals surface area contributed by atoms with Crippen LogP contribution in [0.2, 0.25) is 0 Å². The van der Waals surface area contributed by atoms with E-state index in [0.29, 0.717) is 52.5 Å². The largest absolute Gasteiger partial charge is 0.398 e. The molecule has 1 saturated carbocycles. The Morgan fingerprint density at radius 3 is 2.52 bits per heavy atom. The smallest absolute Gasteiger partial charge is 0.146 e. The molecule has 33 heavy (non-hydrogen) atoms. The average Bonchev–Trinajstić information content (AvgIpc) is 2.76. The van der Waals surface area contributed by atoms with Crippen molar-refractivity contribution in [3.63, 3.8) is 0 Å². The summed E-state index contributed by atoms with van der Waals surface area (Å²) in [7, 11) is 0. The first-order valence-electron chi connectivity index (χ1n) is 11.4. The van der Waals surface area contributed by atoms with Crippen LogP contribution >= 0.6 is 0 Å². The molecule has 1 aliphatic rings. The minimum atomic E-state index is -0.394. The van der Waals surface area contributed by atoms with Crippen LogP contribution in [0.1, 0.15) is 55.1 Å².